The number of hydrogen-bond donors (Lipinski definition) is 2. The van der Waals surface area contributed by atoms with E-state index in [1.165, 1.54) is 18.0 Å². The van der Waals surface area contributed by atoms with E-state index in [4.69, 9.17) is 21.1 Å². The Morgan fingerprint density at radius 3 is 2.56 bits per heavy atom. The molecule has 3 aromatic rings. The van der Waals surface area contributed by atoms with Crippen molar-refractivity contribution < 1.29 is 37.7 Å². The van der Waals surface area contributed by atoms with Gasteiger partial charge in [0.15, 0.2) is 17.5 Å². The number of carbonyl (C=O) groups is 1. The maximum Gasteiger partial charge on any atom is 0.254 e. The van der Waals surface area contributed by atoms with Crippen LogP contribution in [0.25, 0.3) is 11.3 Å². The molecule has 0 bridgehead atoms. The molecule has 2 aliphatic heterocycles. The van der Waals surface area contributed by atoms with E-state index in [-0.39, 0.29) is 17.2 Å². The van der Waals surface area contributed by atoms with Gasteiger partial charge in [-0.3, -0.25) is 4.79 Å². The number of benzene rings is 2. The van der Waals surface area contributed by atoms with Gasteiger partial charge in [-0.05, 0) is 36.8 Å². The molecular weight excluding hydrogens is 561 g/mol. The van der Waals surface area contributed by atoms with Crippen LogP contribution in [0.3, 0.4) is 0 Å². The Labute approximate surface area is 230 Å². The number of methoxy groups -OCH3 is 1. The van der Waals surface area contributed by atoms with Gasteiger partial charge in [0.1, 0.15) is 35.5 Å². The first kappa shape index (κ1) is 27.9. The molecule has 3 heterocycles. The Morgan fingerprint density at radius 1 is 1.23 bits per heavy atom. The number of aromatic nitrogens is 3. The second-order valence-corrected chi connectivity index (χ2v) is 10.7. The number of thioether (sulfide) groups is 1. The van der Waals surface area contributed by atoms with Crippen molar-refractivity contribution in [3.05, 3.63) is 64.6 Å². The van der Waals surface area contributed by atoms with Crippen LogP contribution < -0.4 is 0 Å². The normalized spacial score (nSPS) is 25.0. The highest BCUT2D eigenvalue weighted by Gasteiger charge is 2.48. The largest absolute Gasteiger partial charge is 0.394 e. The van der Waals surface area contributed by atoms with Crippen LogP contribution >= 0.6 is 23.4 Å². The molecule has 2 N–H and O–H groups in total. The first-order valence-electron chi connectivity index (χ1n) is 12.0. The summed E-state index contributed by atoms with van der Waals surface area (Å²) in [6.45, 7) is 0.767. The molecule has 2 aromatic carbocycles. The molecule has 9 nitrogen and oxygen atoms in total. The molecule has 0 aliphatic carbocycles. The van der Waals surface area contributed by atoms with Crippen LogP contribution in [0.5, 0.6) is 0 Å². The van der Waals surface area contributed by atoms with Gasteiger partial charge in [-0.15, -0.1) is 5.10 Å². The monoisotopic (exact) mass is 584 g/mol. The van der Waals surface area contributed by atoms with E-state index in [0.29, 0.717) is 28.6 Å². The number of amides is 1. The summed E-state index contributed by atoms with van der Waals surface area (Å²) in [5, 5.41) is 29.4. The Morgan fingerprint density at radius 2 is 1.95 bits per heavy atom. The van der Waals surface area contributed by atoms with Crippen LogP contribution in [0.4, 0.5) is 13.2 Å². The molecule has 1 amide bonds. The molecule has 2 saturated heterocycles. The van der Waals surface area contributed by atoms with Gasteiger partial charge in [0.25, 0.3) is 5.91 Å². The summed E-state index contributed by atoms with van der Waals surface area (Å²) in [5.41, 5.74) is -0.473. The molecule has 5 atom stereocenters. The lowest BCUT2D eigenvalue weighted by Gasteiger charge is -2.43. The second kappa shape index (κ2) is 11.4. The fourth-order valence-electron chi connectivity index (χ4n) is 4.55. The Balaban J connectivity index is 1.47. The van der Waals surface area contributed by atoms with Crippen molar-refractivity contribution in [2.24, 2.45) is 0 Å². The van der Waals surface area contributed by atoms with E-state index in [2.05, 4.69) is 10.3 Å². The topological polar surface area (TPSA) is 110 Å². The zero-order chi connectivity index (χ0) is 27.8. The van der Waals surface area contributed by atoms with Gasteiger partial charge < -0.3 is 24.6 Å². The molecular formula is C25H24ClF3N4O5S. The quantitative estimate of drug-likeness (QED) is 0.407. The van der Waals surface area contributed by atoms with Crippen LogP contribution in [0.15, 0.2) is 41.4 Å². The van der Waals surface area contributed by atoms with Crippen LogP contribution in [-0.4, -0.2) is 86.6 Å². The van der Waals surface area contributed by atoms with Crippen LogP contribution in [0, 0.1) is 17.5 Å². The van der Waals surface area contributed by atoms with Gasteiger partial charge >= 0.3 is 0 Å². The smallest absolute Gasteiger partial charge is 0.254 e. The first-order valence-corrected chi connectivity index (χ1v) is 13.3. The average Bonchev–Trinajstić information content (AvgIpc) is 3.36. The number of carbonyl (C=O) groups excluding carboxylic acids is 1. The Bertz CT molecular complexity index is 1350. The molecule has 2 aliphatic rings. The van der Waals surface area contributed by atoms with Crippen molar-refractivity contribution in [1.82, 2.24) is 19.9 Å². The maximum absolute atomic E-state index is 13.8. The van der Waals surface area contributed by atoms with Gasteiger partial charge in [-0.1, -0.05) is 28.6 Å². The van der Waals surface area contributed by atoms with Crippen molar-refractivity contribution in [3.63, 3.8) is 0 Å². The summed E-state index contributed by atoms with van der Waals surface area (Å²) in [6.07, 6.45) is -1.04. The molecule has 208 valence electrons. The highest BCUT2D eigenvalue weighted by molar-refractivity contribution is 8.00. The summed E-state index contributed by atoms with van der Waals surface area (Å²) >= 11 is 7.39. The summed E-state index contributed by atoms with van der Waals surface area (Å²) in [4.78, 5) is 15.3. The summed E-state index contributed by atoms with van der Waals surface area (Å²) in [6, 6.07) is 5.49. The average molecular weight is 585 g/mol. The third-order valence-electron chi connectivity index (χ3n) is 6.75. The van der Waals surface area contributed by atoms with Crippen molar-refractivity contribution >= 4 is 29.3 Å². The van der Waals surface area contributed by atoms with Crippen molar-refractivity contribution in [1.29, 1.82) is 0 Å². The standard InChI is InChI=1S/C25H24ClF3N4O5S/c1-37-23-21(33-10-17(30-31-33)12-7-15(27)20(29)16(28)8-12)22(35)18(11-34)38-25(23)39-19-9-13(26)3-4-14(19)24(36)32-5-2-6-32/h3-4,7-10,18,21-23,25,34-35H,2,5-6,11H2,1H3/t18?,21?,22-,23?,25+/m0/s1. The molecule has 39 heavy (non-hydrogen) atoms. The number of rotatable bonds is 7. The number of nitrogens with zero attached hydrogens (tertiary/aromatic N) is 4. The van der Waals surface area contributed by atoms with Crippen LogP contribution in [-0.2, 0) is 9.47 Å². The SMILES string of the molecule is COC1C(n2cc(-c3cc(F)c(F)c(F)c3)nn2)[C@@H](O)C(CO)O[C@@H]1Sc1cc(Cl)ccc1C(=O)N1CCC1. The third kappa shape index (κ3) is 5.39. The van der Waals surface area contributed by atoms with Crippen molar-refractivity contribution in [3.8, 4) is 11.3 Å². The molecule has 0 saturated carbocycles. The van der Waals surface area contributed by atoms with E-state index in [9.17, 15) is 28.2 Å². The highest BCUT2D eigenvalue weighted by atomic mass is 35.5. The Hall–Kier alpha value is -2.68. The second-order valence-electron chi connectivity index (χ2n) is 9.15. The molecule has 5 rings (SSSR count). The van der Waals surface area contributed by atoms with Gasteiger partial charge in [0, 0.05) is 35.7 Å². The van der Waals surface area contributed by atoms with Gasteiger partial charge in [-0.2, -0.15) is 0 Å². The lowest BCUT2D eigenvalue weighted by atomic mass is 9.97. The van der Waals surface area contributed by atoms with E-state index in [1.807, 2.05) is 0 Å². The van der Waals surface area contributed by atoms with Crippen LogP contribution in [0.1, 0.15) is 22.8 Å². The zero-order valence-electron chi connectivity index (χ0n) is 20.5. The Kier molecular flexibility index (Phi) is 8.17. The van der Waals surface area contributed by atoms with E-state index < -0.39 is 53.8 Å². The maximum atomic E-state index is 13.8. The fourth-order valence-corrected chi connectivity index (χ4v) is 6.12. The highest BCUT2D eigenvalue weighted by Crippen LogP contribution is 2.41. The minimum absolute atomic E-state index is 0.0170. The molecule has 1 aromatic heterocycles. The van der Waals surface area contributed by atoms with Gasteiger partial charge in [-0.25, -0.2) is 17.9 Å². The fraction of sp³-hybridized carbons (Fsp3) is 0.400. The van der Waals surface area contributed by atoms with Crippen molar-refractivity contribution in [2.75, 3.05) is 26.8 Å². The molecule has 3 unspecified atom stereocenters. The number of halogens is 4. The predicted octanol–water partition coefficient (Wildman–Crippen LogP) is 3.29. The zero-order valence-corrected chi connectivity index (χ0v) is 22.1. The predicted molar refractivity (Wildman–Crippen MR) is 135 cm³/mol. The van der Waals surface area contributed by atoms with Crippen LogP contribution in [0.2, 0.25) is 5.02 Å². The number of likely N-dealkylation sites (tertiary alicyclic amines) is 1. The van der Waals surface area contributed by atoms with E-state index >= 15 is 0 Å². The minimum atomic E-state index is -1.61. The van der Waals surface area contributed by atoms with Crippen molar-refractivity contribution in [2.45, 2.75) is 41.1 Å². The molecule has 14 heteroatoms. The van der Waals surface area contributed by atoms with E-state index in [0.717, 1.165) is 30.3 Å². The third-order valence-corrected chi connectivity index (χ3v) is 8.19. The summed E-state index contributed by atoms with van der Waals surface area (Å²) in [7, 11) is 1.40. The lowest BCUT2D eigenvalue weighted by molar-refractivity contribution is -0.186. The number of hydrogen-bond acceptors (Lipinski definition) is 8. The summed E-state index contributed by atoms with van der Waals surface area (Å²) < 4.78 is 54.0. The number of aliphatic hydroxyl groups is 2. The first-order chi connectivity index (χ1) is 18.7. The lowest BCUT2D eigenvalue weighted by Crippen LogP contribution is -2.55. The number of ether oxygens (including phenoxy) is 2. The molecule has 0 spiro atoms. The summed E-state index contributed by atoms with van der Waals surface area (Å²) in [5.74, 6) is -4.53. The minimum Gasteiger partial charge on any atom is -0.394 e. The molecule has 2 fully saturated rings. The molecule has 0 radical (unpaired) electrons. The van der Waals surface area contributed by atoms with Gasteiger partial charge in [0.05, 0.1) is 18.4 Å². The van der Waals surface area contributed by atoms with E-state index in [1.54, 1.807) is 23.1 Å². The number of aliphatic hydroxyl groups excluding tert-OH is 2. The van der Waals surface area contributed by atoms with Gasteiger partial charge in [0.2, 0.25) is 0 Å².